The zero-order valence-corrected chi connectivity index (χ0v) is 5.97. The summed E-state index contributed by atoms with van der Waals surface area (Å²) in [6, 6.07) is 2.38. The molecule has 10 heavy (non-hydrogen) atoms. The van der Waals surface area contributed by atoms with E-state index in [-0.39, 0.29) is 5.41 Å². The summed E-state index contributed by atoms with van der Waals surface area (Å²) in [6.07, 6.45) is 4.82. The van der Waals surface area contributed by atoms with Gasteiger partial charge in [0.05, 0.1) is 24.2 Å². The molecule has 2 nitrogen and oxygen atoms in total. The monoisotopic (exact) mass is 137 g/mol. The van der Waals surface area contributed by atoms with Crippen molar-refractivity contribution in [1.29, 1.82) is 5.26 Å². The first-order chi connectivity index (χ1) is 4.85. The third kappa shape index (κ3) is 0.741. The molecule has 0 aromatic heterocycles. The molecule has 3 rings (SSSR count). The first kappa shape index (κ1) is 6.18. The maximum absolute atomic E-state index is 8.84. The van der Waals surface area contributed by atoms with Crippen LogP contribution in [0.5, 0.6) is 0 Å². The maximum atomic E-state index is 8.84. The van der Waals surface area contributed by atoms with Crippen molar-refractivity contribution in [3.05, 3.63) is 0 Å². The van der Waals surface area contributed by atoms with Gasteiger partial charge in [0.1, 0.15) is 0 Å². The predicted molar refractivity (Wildman–Crippen MR) is 36.3 cm³/mol. The SMILES string of the molecule is N#CC12CCC(CC1)OC2. The molecule has 0 aromatic rings. The van der Waals surface area contributed by atoms with Gasteiger partial charge in [0.15, 0.2) is 0 Å². The number of hydrogen-bond donors (Lipinski definition) is 0. The minimum Gasteiger partial charge on any atom is -0.377 e. The van der Waals surface area contributed by atoms with Crippen LogP contribution in [0.15, 0.2) is 0 Å². The van der Waals surface area contributed by atoms with Crippen LogP contribution in [0.2, 0.25) is 0 Å². The van der Waals surface area contributed by atoms with Crippen LogP contribution < -0.4 is 0 Å². The lowest BCUT2D eigenvalue weighted by atomic mass is 9.72. The van der Waals surface area contributed by atoms with Crippen molar-refractivity contribution in [2.75, 3.05) is 6.61 Å². The standard InChI is InChI=1S/C8H11NO/c9-5-8-3-1-7(2-4-8)10-6-8/h7H,1-4,6H2. The Morgan fingerprint density at radius 2 is 2.10 bits per heavy atom. The highest BCUT2D eigenvalue weighted by molar-refractivity contribution is 5.04. The summed E-state index contributed by atoms with van der Waals surface area (Å²) in [5, 5.41) is 8.84. The molecule has 3 aliphatic rings. The Morgan fingerprint density at radius 3 is 2.40 bits per heavy atom. The third-order valence-electron chi connectivity index (χ3n) is 2.72. The first-order valence-corrected chi connectivity index (χ1v) is 3.88. The molecule has 2 aliphatic heterocycles. The van der Waals surface area contributed by atoms with Crippen LogP contribution in [0.25, 0.3) is 0 Å². The van der Waals surface area contributed by atoms with Gasteiger partial charge in [-0.15, -0.1) is 0 Å². The average molecular weight is 137 g/mol. The van der Waals surface area contributed by atoms with E-state index in [1.165, 1.54) is 0 Å². The fourth-order valence-corrected chi connectivity index (χ4v) is 1.88. The maximum Gasteiger partial charge on any atom is 0.0809 e. The van der Waals surface area contributed by atoms with Crippen molar-refractivity contribution in [2.24, 2.45) is 5.41 Å². The molecule has 0 amide bonds. The molecular weight excluding hydrogens is 126 g/mol. The molecule has 0 atom stereocenters. The molecule has 2 heteroatoms. The highest BCUT2D eigenvalue weighted by Gasteiger charge is 2.41. The van der Waals surface area contributed by atoms with Gasteiger partial charge in [-0.25, -0.2) is 0 Å². The second-order valence-electron chi connectivity index (χ2n) is 3.40. The third-order valence-corrected chi connectivity index (χ3v) is 2.72. The summed E-state index contributed by atoms with van der Waals surface area (Å²) >= 11 is 0. The summed E-state index contributed by atoms with van der Waals surface area (Å²) in [6.45, 7) is 0.689. The smallest absolute Gasteiger partial charge is 0.0809 e. The van der Waals surface area contributed by atoms with E-state index in [9.17, 15) is 0 Å². The van der Waals surface area contributed by atoms with Gasteiger partial charge < -0.3 is 4.74 Å². The van der Waals surface area contributed by atoms with Crippen molar-refractivity contribution in [2.45, 2.75) is 31.8 Å². The van der Waals surface area contributed by atoms with Crippen molar-refractivity contribution in [1.82, 2.24) is 0 Å². The summed E-state index contributed by atoms with van der Waals surface area (Å²) in [5.41, 5.74) is -0.0885. The van der Waals surface area contributed by atoms with E-state index >= 15 is 0 Å². The molecule has 2 saturated heterocycles. The lowest BCUT2D eigenvalue weighted by molar-refractivity contribution is -0.0901. The Labute approximate surface area is 60.8 Å². The molecule has 2 heterocycles. The van der Waals surface area contributed by atoms with Gasteiger partial charge in [-0.3, -0.25) is 0 Å². The molecule has 1 saturated carbocycles. The number of nitrogens with zero attached hydrogens (tertiary/aromatic N) is 1. The van der Waals surface area contributed by atoms with E-state index in [1.807, 2.05) is 0 Å². The number of ether oxygens (including phenoxy) is 1. The van der Waals surface area contributed by atoms with Crippen molar-refractivity contribution >= 4 is 0 Å². The van der Waals surface area contributed by atoms with Gasteiger partial charge in [0.2, 0.25) is 0 Å². The van der Waals surface area contributed by atoms with Crippen molar-refractivity contribution in [3.63, 3.8) is 0 Å². The molecule has 0 spiro atoms. The van der Waals surface area contributed by atoms with E-state index in [4.69, 9.17) is 10.00 Å². The number of nitriles is 1. The zero-order valence-electron chi connectivity index (χ0n) is 5.97. The lowest BCUT2D eigenvalue weighted by Gasteiger charge is -2.41. The van der Waals surface area contributed by atoms with Gasteiger partial charge in [-0.05, 0) is 25.7 Å². The van der Waals surface area contributed by atoms with Gasteiger partial charge in [0.25, 0.3) is 0 Å². The number of hydrogen-bond acceptors (Lipinski definition) is 2. The number of fused-ring (bicyclic) bond motifs is 3. The summed E-state index contributed by atoms with van der Waals surface area (Å²) in [7, 11) is 0. The molecule has 0 radical (unpaired) electrons. The van der Waals surface area contributed by atoms with E-state index in [0.29, 0.717) is 12.7 Å². The molecular formula is C8H11NO. The lowest BCUT2D eigenvalue weighted by Crippen LogP contribution is -2.41. The van der Waals surface area contributed by atoms with Crippen LogP contribution in [-0.4, -0.2) is 12.7 Å². The molecule has 54 valence electrons. The van der Waals surface area contributed by atoms with Crippen LogP contribution >= 0.6 is 0 Å². The van der Waals surface area contributed by atoms with Gasteiger partial charge >= 0.3 is 0 Å². The molecule has 0 unspecified atom stereocenters. The first-order valence-electron chi connectivity index (χ1n) is 3.88. The molecule has 0 aromatic carbocycles. The van der Waals surface area contributed by atoms with Crippen LogP contribution in [0.1, 0.15) is 25.7 Å². The quantitative estimate of drug-likeness (QED) is 0.506. The fraction of sp³-hybridized carbons (Fsp3) is 0.875. The fourth-order valence-electron chi connectivity index (χ4n) is 1.88. The van der Waals surface area contributed by atoms with Gasteiger partial charge in [0, 0.05) is 0 Å². The normalized spacial score (nSPS) is 44.9. The van der Waals surface area contributed by atoms with E-state index < -0.39 is 0 Å². The Bertz CT molecular complexity index is 160. The zero-order chi connectivity index (χ0) is 7.03. The van der Waals surface area contributed by atoms with Crippen LogP contribution in [0, 0.1) is 16.7 Å². The van der Waals surface area contributed by atoms with E-state index in [1.54, 1.807) is 0 Å². The van der Waals surface area contributed by atoms with Crippen LogP contribution in [0.4, 0.5) is 0 Å². The Morgan fingerprint density at radius 1 is 1.40 bits per heavy atom. The largest absolute Gasteiger partial charge is 0.377 e. The van der Waals surface area contributed by atoms with E-state index in [2.05, 4.69) is 6.07 Å². The van der Waals surface area contributed by atoms with Crippen molar-refractivity contribution in [3.8, 4) is 6.07 Å². The second-order valence-corrected chi connectivity index (χ2v) is 3.40. The predicted octanol–water partition coefficient (Wildman–Crippen LogP) is 1.47. The topological polar surface area (TPSA) is 33.0 Å². The molecule has 2 bridgehead atoms. The van der Waals surface area contributed by atoms with Crippen LogP contribution in [-0.2, 0) is 4.74 Å². The Hall–Kier alpha value is -0.550. The Kier molecular flexibility index (Phi) is 1.21. The van der Waals surface area contributed by atoms with Crippen LogP contribution in [0.3, 0.4) is 0 Å². The second kappa shape index (κ2) is 1.96. The summed E-state index contributed by atoms with van der Waals surface area (Å²) < 4.78 is 5.45. The van der Waals surface area contributed by atoms with Crippen molar-refractivity contribution < 1.29 is 4.74 Å². The van der Waals surface area contributed by atoms with Gasteiger partial charge in [-0.2, -0.15) is 5.26 Å². The van der Waals surface area contributed by atoms with E-state index in [0.717, 1.165) is 25.7 Å². The number of rotatable bonds is 0. The highest BCUT2D eigenvalue weighted by atomic mass is 16.5. The molecule has 0 N–H and O–H groups in total. The Balaban J connectivity index is 2.17. The summed E-state index contributed by atoms with van der Waals surface area (Å²) in [4.78, 5) is 0. The summed E-state index contributed by atoms with van der Waals surface area (Å²) in [5.74, 6) is 0. The average Bonchev–Trinajstić information content (AvgIpc) is 2.08. The minimum absolute atomic E-state index is 0.0885. The van der Waals surface area contributed by atoms with Gasteiger partial charge in [-0.1, -0.05) is 0 Å². The molecule has 1 aliphatic carbocycles. The highest BCUT2D eigenvalue weighted by Crippen LogP contribution is 2.42. The molecule has 3 fully saturated rings. The minimum atomic E-state index is -0.0885.